The first-order valence-corrected chi connectivity index (χ1v) is 13.2. The van der Waals surface area contributed by atoms with Gasteiger partial charge in [-0.2, -0.15) is 4.98 Å². The summed E-state index contributed by atoms with van der Waals surface area (Å²) in [5.74, 6) is 0. The number of rotatable bonds is 1. The molecule has 3 aromatic heterocycles. The predicted octanol–water partition coefficient (Wildman–Crippen LogP) is 9.60. The molecule has 3 heterocycles. The molecule has 0 radical (unpaired) electrons. The summed E-state index contributed by atoms with van der Waals surface area (Å²) in [4.78, 5) is 5.17. The van der Waals surface area contributed by atoms with Gasteiger partial charge in [-0.25, -0.2) is 0 Å². The van der Waals surface area contributed by atoms with Gasteiger partial charge in [0.25, 0.3) is 0 Å². The van der Waals surface area contributed by atoms with E-state index in [4.69, 9.17) is 9.40 Å². The average Bonchev–Trinajstić information content (AvgIpc) is 3.62. The van der Waals surface area contributed by atoms with E-state index in [-0.39, 0.29) is 0 Å². The van der Waals surface area contributed by atoms with Crippen molar-refractivity contribution in [2.75, 3.05) is 0 Å². The number of fused-ring (bicyclic) bond motifs is 11. The minimum atomic E-state index is 0.600. The van der Waals surface area contributed by atoms with E-state index < -0.39 is 0 Å². The number of nitrogens with zero attached hydrogens (tertiary/aromatic N) is 2. The van der Waals surface area contributed by atoms with Crippen LogP contribution in [-0.4, -0.2) is 9.55 Å². The lowest BCUT2D eigenvalue weighted by molar-refractivity contribution is 0.574. The van der Waals surface area contributed by atoms with Crippen molar-refractivity contribution in [2.45, 2.75) is 0 Å². The maximum Gasteiger partial charge on any atom is 0.307 e. The third kappa shape index (κ3) is 2.57. The third-order valence-corrected chi connectivity index (χ3v) is 8.74. The lowest BCUT2D eigenvalue weighted by atomic mass is 10.0. The molecule has 0 atom stereocenters. The molecular weight excluding hydrogens is 472 g/mol. The SMILES string of the molecule is c1ccc2cc3c(cc2c1)c1c2ccccc2ccc1n3-c1nc2c(ccc3sc4ccccc4c32)o1. The normalized spacial score (nSPS) is 12.3. The standard InChI is InChI=1S/C33H18N2OS/c1-2-9-21-18-26-24(17-20(21)8-1)30-22-10-4-3-7-19(22)13-14-25(30)35(26)33-34-32-27(36-33)15-16-29-31(32)23-11-5-6-12-28(23)37-29/h1-18H. The van der Waals surface area contributed by atoms with Gasteiger partial charge in [0.05, 0.1) is 11.0 Å². The molecule has 0 bridgehead atoms. The molecule has 0 aliphatic heterocycles. The molecule has 9 rings (SSSR count). The molecule has 0 aliphatic rings. The Balaban J connectivity index is 1.46. The van der Waals surface area contributed by atoms with Crippen LogP contribution in [0.2, 0.25) is 0 Å². The van der Waals surface area contributed by atoms with Crippen LogP contribution >= 0.6 is 11.3 Å². The van der Waals surface area contributed by atoms with Gasteiger partial charge in [0.1, 0.15) is 5.52 Å². The van der Waals surface area contributed by atoms with Crippen molar-refractivity contribution in [1.82, 2.24) is 9.55 Å². The van der Waals surface area contributed by atoms with Crippen molar-refractivity contribution in [3.05, 3.63) is 109 Å². The second-order valence-electron chi connectivity index (χ2n) is 9.61. The molecule has 3 nitrogen and oxygen atoms in total. The van der Waals surface area contributed by atoms with Crippen molar-refractivity contribution in [1.29, 1.82) is 0 Å². The molecule has 0 saturated heterocycles. The Kier molecular flexibility index (Phi) is 3.67. The smallest absolute Gasteiger partial charge is 0.307 e. The van der Waals surface area contributed by atoms with E-state index in [9.17, 15) is 0 Å². The van der Waals surface area contributed by atoms with Crippen LogP contribution in [0.3, 0.4) is 0 Å². The van der Waals surface area contributed by atoms with E-state index >= 15 is 0 Å². The highest BCUT2D eigenvalue weighted by molar-refractivity contribution is 7.26. The number of oxazole rings is 1. The largest absolute Gasteiger partial charge is 0.423 e. The molecule has 0 fully saturated rings. The summed E-state index contributed by atoms with van der Waals surface area (Å²) in [6.07, 6.45) is 0. The van der Waals surface area contributed by atoms with Crippen molar-refractivity contribution >= 4 is 86.0 Å². The van der Waals surface area contributed by atoms with Crippen molar-refractivity contribution in [3.63, 3.8) is 0 Å². The zero-order valence-electron chi connectivity index (χ0n) is 19.6. The van der Waals surface area contributed by atoms with Crippen molar-refractivity contribution in [3.8, 4) is 6.01 Å². The first kappa shape index (κ1) is 19.5. The van der Waals surface area contributed by atoms with E-state index in [2.05, 4.69) is 114 Å². The Bertz CT molecular complexity index is 2370. The van der Waals surface area contributed by atoms with Crippen LogP contribution in [-0.2, 0) is 0 Å². The second kappa shape index (κ2) is 6.96. The number of benzene rings is 6. The van der Waals surface area contributed by atoms with Crippen LogP contribution in [0.5, 0.6) is 0 Å². The van der Waals surface area contributed by atoms with Crippen molar-refractivity contribution < 1.29 is 4.42 Å². The zero-order chi connectivity index (χ0) is 24.1. The van der Waals surface area contributed by atoms with Gasteiger partial charge >= 0.3 is 6.01 Å². The molecule has 0 spiro atoms. The molecule has 0 N–H and O–H groups in total. The van der Waals surface area contributed by atoms with E-state index in [1.165, 1.54) is 52.5 Å². The lowest BCUT2D eigenvalue weighted by Crippen LogP contribution is -1.93. The predicted molar refractivity (Wildman–Crippen MR) is 156 cm³/mol. The number of thiophene rings is 1. The summed E-state index contributed by atoms with van der Waals surface area (Å²) in [7, 11) is 0. The highest BCUT2D eigenvalue weighted by Crippen LogP contribution is 2.41. The Morgan fingerprint density at radius 2 is 1.32 bits per heavy atom. The Labute approximate surface area is 214 Å². The fourth-order valence-corrected chi connectivity index (χ4v) is 7.07. The first-order chi connectivity index (χ1) is 18.3. The van der Waals surface area contributed by atoms with E-state index in [1.807, 2.05) is 0 Å². The molecular formula is C33H18N2OS. The molecule has 4 heteroatoms. The molecule has 0 saturated carbocycles. The van der Waals surface area contributed by atoms with Crippen LogP contribution in [0.4, 0.5) is 0 Å². The van der Waals surface area contributed by atoms with E-state index in [0.717, 1.165) is 22.1 Å². The van der Waals surface area contributed by atoms with Gasteiger partial charge in [-0.15, -0.1) is 11.3 Å². The summed E-state index contributed by atoms with van der Waals surface area (Å²) in [6, 6.07) is 39.5. The van der Waals surface area contributed by atoms with Gasteiger partial charge in [0, 0.05) is 30.9 Å². The third-order valence-electron chi connectivity index (χ3n) is 7.60. The summed E-state index contributed by atoms with van der Waals surface area (Å²) in [5, 5.41) is 9.73. The summed E-state index contributed by atoms with van der Waals surface area (Å²) >= 11 is 1.80. The maximum absolute atomic E-state index is 6.54. The fraction of sp³-hybridized carbons (Fsp3) is 0. The van der Waals surface area contributed by atoms with Crippen LogP contribution < -0.4 is 0 Å². The van der Waals surface area contributed by atoms with Gasteiger partial charge in [0.15, 0.2) is 5.58 Å². The van der Waals surface area contributed by atoms with Crippen LogP contribution in [0, 0.1) is 0 Å². The second-order valence-corrected chi connectivity index (χ2v) is 10.7. The highest BCUT2D eigenvalue weighted by atomic mass is 32.1. The minimum Gasteiger partial charge on any atom is -0.423 e. The van der Waals surface area contributed by atoms with Gasteiger partial charge in [-0.05, 0) is 57.9 Å². The molecule has 172 valence electrons. The van der Waals surface area contributed by atoms with Crippen molar-refractivity contribution in [2.24, 2.45) is 0 Å². The molecule has 0 amide bonds. The number of hydrogen-bond acceptors (Lipinski definition) is 3. The first-order valence-electron chi connectivity index (χ1n) is 12.4. The number of hydrogen-bond donors (Lipinski definition) is 0. The zero-order valence-corrected chi connectivity index (χ0v) is 20.4. The minimum absolute atomic E-state index is 0.600. The fourth-order valence-electron chi connectivity index (χ4n) is 5.96. The lowest BCUT2D eigenvalue weighted by Gasteiger charge is -2.03. The monoisotopic (exact) mass is 490 g/mol. The van der Waals surface area contributed by atoms with Crippen LogP contribution in [0.15, 0.2) is 114 Å². The molecule has 0 unspecified atom stereocenters. The van der Waals surface area contributed by atoms with E-state index in [1.54, 1.807) is 11.3 Å². The van der Waals surface area contributed by atoms with Gasteiger partial charge in [0.2, 0.25) is 0 Å². The summed E-state index contributed by atoms with van der Waals surface area (Å²) in [5.41, 5.74) is 3.93. The average molecular weight is 491 g/mol. The van der Waals surface area contributed by atoms with E-state index in [0.29, 0.717) is 6.01 Å². The van der Waals surface area contributed by atoms with Gasteiger partial charge in [-0.3, -0.25) is 4.57 Å². The molecule has 0 aliphatic carbocycles. The Hall–Kier alpha value is -4.67. The van der Waals surface area contributed by atoms with Crippen LogP contribution in [0.25, 0.3) is 80.6 Å². The Morgan fingerprint density at radius 1 is 0.568 bits per heavy atom. The maximum atomic E-state index is 6.54. The topological polar surface area (TPSA) is 31.0 Å². The summed E-state index contributed by atoms with van der Waals surface area (Å²) < 4.78 is 11.2. The summed E-state index contributed by atoms with van der Waals surface area (Å²) in [6.45, 7) is 0. The van der Waals surface area contributed by atoms with Gasteiger partial charge < -0.3 is 4.42 Å². The van der Waals surface area contributed by atoms with Crippen LogP contribution in [0.1, 0.15) is 0 Å². The quantitative estimate of drug-likeness (QED) is 0.229. The van der Waals surface area contributed by atoms with Gasteiger partial charge in [-0.1, -0.05) is 72.8 Å². The Morgan fingerprint density at radius 3 is 2.22 bits per heavy atom. The molecule has 9 aromatic rings. The number of aromatic nitrogens is 2. The molecule has 37 heavy (non-hydrogen) atoms. The highest BCUT2D eigenvalue weighted by Gasteiger charge is 2.20. The molecule has 6 aromatic carbocycles.